The predicted molar refractivity (Wildman–Crippen MR) is 130 cm³/mol. The number of nitrogens with one attached hydrogen (secondary N) is 1. The van der Waals surface area contributed by atoms with E-state index in [4.69, 9.17) is 13.3 Å². The standard InChI is InChI=1S/C24H35NO6SSi/c1-8-18-19(10-9-15-29-32(27,28)17-13-11-16(2)12-14-17)20-22(30-23(26)25-20)21(18)31-33(6,7)24(3,4)5/h8,10-14,20-22H,9,15H2,1-7H3,(H,25,26)/b18-8-,19-10-/t20-,21-,22-/m0/s1. The quantitative estimate of drug-likeness (QED) is 0.332. The van der Waals surface area contributed by atoms with E-state index in [1.54, 1.807) is 12.1 Å². The van der Waals surface area contributed by atoms with Crippen LogP contribution in [0.5, 0.6) is 0 Å². The molecule has 0 bridgehead atoms. The third-order valence-electron chi connectivity index (χ3n) is 6.69. The lowest BCUT2D eigenvalue weighted by molar-refractivity contribution is 0.0637. The van der Waals surface area contributed by atoms with E-state index in [0.717, 1.165) is 16.7 Å². The van der Waals surface area contributed by atoms with Gasteiger partial charge in [-0.3, -0.25) is 4.18 Å². The van der Waals surface area contributed by atoms with Gasteiger partial charge in [0.2, 0.25) is 0 Å². The molecule has 1 aromatic rings. The number of carbonyl (C=O) groups is 1. The van der Waals surface area contributed by atoms with E-state index in [1.165, 1.54) is 12.1 Å². The summed E-state index contributed by atoms with van der Waals surface area (Å²) in [5.74, 6) is 0. The minimum atomic E-state index is -3.83. The third kappa shape index (κ3) is 5.42. The van der Waals surface area contributed by atoms with Crippen LogP contribution in [-0.4, -0.2) is 47.7 Å². The zero-order chi connectivity index (χ0) is 24.6. The maximum Gasteiger partial charge on any atom is 0.408 e. The number of carbonyl (C=O) groups excluding carboxylic acids is 1. The number of amides is 1. The van der Waals surface area contributed by atoms with Crippen LogP contribution in [-0.2, 0) is 23.5 Å². The predicted octanol–water partition coefficient (Wildman–Crippen LogP) is 4.84. The number of fused-ring (bicyclic) bond motifs is 1. The van der Waals surface area contributed by atoms with E-state index in [9.17, 15) is 13.2 Å². The van der Waals surface area contributed by atoms with Crippen molar-refractivity contribution in [3.8, 4) is 0 Å². The van der Waals surface area contributed by atoms with E-state index in [-0.39, 0.29) is 28.7 Å². The summed E-state index contributed by atoms with van der Waals surface area (Å²) in [4.78, 5) is 12.2. The highest BCUT2D eigenvalue weighted by Crippen LogP contribution is 2.44. The molecule has 1 amide bonds. The molecule has 9 heteroatoms. The molecule has 1 saturated heterocycles. The van der Waals surface area contributed by atoms with Gasteiger partial charge in [0.25, 0.3) is 10.1 Å². The highest BCUT2D eigenvalue weighted by Gasteiger charge is 2.53. The summed E-state index contributed by atoms with van der Waals surface area (Å²) in [5, 5.41) is 2.88. The van der Waals surface area contributed by atoms with E-state index in [0.29, 0.717) is 6.42 Å². The summed E-state index contributed by atoms with van der Waals surface area (Å²) >= 11 is 0. The van der Waals surface area contributed by atoms with Gasteiger partial charge in [-0.15, -0.1) is 0 Å². The Kier molecular flexibility index (Phi) is 7.29. The van der Waals surface area contributed by atoms with Crippen LogP contribution in [0.2, 0.25) is 18.1 Å². The van der Waals surface area contributed by atoms with E-state index < -0.39 is 30.6 Å². The van der Waals surface area contributed by atoms with Crippen LogP contribution in [0.1, 0.15) is 39.7 Å². The van der Waals surface area contributed by atoms with Gasteiger partial charge in [0.15, 0.2) is 14.4 Å². The molecule has 182 valence electrons. The lowest BCUT2D eigenvalue weighted by atomic mass is 10.1. The second kappa shape index (κ2) is 9.36. The fraction of sp³-hybridized carbons (Fsp3) is 0.542. The molecule has 1 heterocycles. The van der Waals surface area contributed by atoms with Gasteiger partial charge < -0.3 is 14.5 Å². The first-order valence-electron chi connectivity index (χ1n) is 11.2. The smallest absolute Gasteiger partial charge is 0.408 e. The Bertz CT molecular complexity index is 1050. The van der Waals surface area contributed by atoms with Crippen LogP contribution in [0, 0.1) is 6.92 Å². The fourth-order valence-corrected chi connectivity index (χ4v) is 5.96. The third-order valence-corrected chi connectivity index (χ3v) is 12.5. The molecule has 0 radical (unpaired) electrons. The first kappa shape index (κ1) is 25.7. The molecule has 0 aromatic heterocycles. The molecule has 1 saturated carbocycles. The van der Waals surface area contributed by atoms with Crippen LogP contribution in [0.3, 0.4) is 0 Å². The molecular weight excluding hydrogens is 458 g/mol. The topological polar surface area (TPSA) is 90.9 Å². The van der Waals surface area contributed by atoms with Crippen LogP contribution >= 0.6 is 0 Å². The van der Waals surface area contributed by atoms with Crippen molar-refractivity contribution in [2.75, 3.05) is 6.61 Å². The molecular formula is C24H35NO6SSi. The number of rotatable bonds is 7. The summed E-state index contributed by atoms with van der Waals surface area (Å²) in [5.41, 5.74) is 2.84. The summed E-state index contributed by atoms with van der Waals surface area (Å²) in [6.07, 6.45) is 3.00. The monoisotopic (exact) mass is 493 g/mol. The average molecular weight is 494 g/mol. The largest absolute Gasteiger partial charge is 0.441 e. The Morgan fingerprint density at radius 1 is 1.15 bits per heavy atom. The van der Waals surface area contributed by atoms with Gasteiger partial charge in [0, 0.05) is 0 Å². The number of alkyl carbamates (subject to hydrolysis) is 1. The summed E-state index contributed by atoms with van der Waals surface area (Å²) < 4.78 is 42.4. The van der Waals surface area contributed by atoms with Crippen LogP contribution in [0.15, 0.2) is 52.5 Å². The lowest BCUT2D eigenvalue weighted by Crippen LogP contribution is -2.47. The van der Waals surface area contributed by atoms with Crippen molar-refractivity contribution in [3.63, 3.8) is 0 Å². The van der Waals surface area contributed by atoms with Gasteiger partial charge in [-0.2, -0.15) is 8.42 Å². The first-order chi connectivity index (χ1) is 15.3. The number of hydrogen-bond acceptors (Lipinski definition) is 6. The number of allylic oxidation sites excluding steroid dienone is 1. The highest BCUT2D eigenvalue weighted by molar-refractivity contribution is 7.86. The van der Waals surface area contributed by atoms with Gasteiger partial charge in [-0.25, -0.2) is 4.79 Å². The maximum atomic E-state index is 12.4. The van der Waals surface area contributed by atoms with Crippen LogP contribution in [0.25, 0.3) is 0 Å². The molecule has 1 N–H and O–H groups in total. The van der Waals surface area contributed by atoms with Crippen molar-refractivity contribution in [2.45, 2.75) is 82.3 Å². The van der Waals surface area contributed by atoms with Crippen molar-refractivity contribution < 1.29 is 26.6 Å². The molecule has 1 aliphatic heterocycles. The Morgan fingerprint density at radius 3 is 2.36 bits per heavy atom. The first-order valence-corrected chi connectivity index (χ1v) is 15.6. The van der Waals surface area contributed by atoms with Crippen LogP contribution in [0.4, 0.5) is 4.79 Å². The minimum absolute atomic E-state index is 0.00202. The SMILES string of the molecule is C/C=C1/C(=C/CCOS(=O)(=O)c2ccc(C)cc2)[C@@H]2NC(=O)O[C@@H]2[C@H]1O[Si](C)(C)C(C)(C)C. The molecule has 2 aliphatic rings. The van der Waals surface area contributed by atoms with Gasteiger partial charge in [0.1, 0.15) is 6.10 Å². The molecule has 7 nitrogen and oxygen atoms in total. The maximum absolute atomic E-state index is 12.4. The molecule has 3 rings (SSSR count). The Balaban J connectivity index is 1.76. The fourth-order valence-electron chi connectivity index (χ4n) is 3.79. The second-order valence-electron chi connectivity index (χ2n) is 10.1. The number of ether oxygens (including phenoxy) is 1. The Hall–Kier alpha value is -1.94. The average Bonchev–Trinajstić information content (AvgIpc) is 3.20. The van der Waals surface area contributed by atoms with Crippen molar-refractivity contribution in [3.05, 3.63) is 53.1 Å². The molecule has 2 fully saturated rings. The molecule has 33 heavy (non-hydrogen) atoms. The van der Waals surface area contributed by atoms with Crippen molar-refractivity contribution in [2.24, 2.45) is 0 Å². The van der Waals surface area contributed by atoms with Crippen LogP contribution < -0.4 is 5.32 Å². The molecule has 0 unspecified atom stereocenters. The zero-order valence-corrected chi connectivity index (χ0v) is 22.3. The van der Waals surface area contributed by atoms with Crippen molar-refractivity contribution >= 4 is 24.5 Å². The number of benzene rings is 1. The number of aryl methyl sites for hydroxylation is 1. The highest BCUT2D eigenvalue weighted by atomic mass is 32.2. The van der Waals surface area contributed by atoms with E-state index in [2.05, 4.69) is 39.2 Å². The minimum Gasteiger partial charge on any atom is -0.441 e. The zero-order valence-electron chi connectivity index (χ0n) is 20.5. The van der Waals surface area contributed by atoms with Gasteiger partial charge in [-0.1, -0.05) is 50.6 Å². The van der Waals surface area contributed by atoms with Gasteiger partial charge >= 0.3 is 6.09 Å². The molecule has 0 spiro atoms. The summed E-state index contributed by atoms with van der Waals surface area (Å²) in [6, 6.07) is 6.22. The van der Waals surface area contributed by atoms with Crippen molar-refractivity contribution in [1.29, 1.82) is 0 Å². The molecule has 1 aliphatic carbocycles. The molecule has 1 aromatic carbocycles. The summed E-state index contributed by atoms with van der Waals surface area (Å²) in [6.45, 7) is 14.7. The normalized spacial score (nSPS) is 25.9. The van der Waals surface area contributed by atoms with Gasteiger partial charge in [-0.05, 0) is 61.7 Å². The van der Waals surface area contributed by atoms with Gasteiger partial charge in [0.05, 0.1) is 17.5 Å². The number of hydrogen-bond donors (Lipinski definition) is 1. The molecule has 3 atom stereocenters. The van der Waals surface area contributed by atoms with E-state index in [1.807, 2.05) is 26.0 Å². The second-order valence-corrected chi connectivity index (χ2v) is 16.4. The van der Waals surface area contributed by atoms with E-state index >= 15 is 0 Å². The lowest BCUT2D eigenvalue weighted by Gasteiger charge is -2.39. The van der Waals surface area contributed by atoms with Crippen molar-refractivity contribution in [1.82, 2.24) is 5.32 Å². The Labute approximate surface area is 198 Å². The summed E-state index contributed by atoms with van der Waals surface area (Å²) in [7, 11) is -5.96. The Morgan fingerprint density at radius 2 is 1.79 bits per heavy atom.